The molecule has 0 bridgehead atoms. The molecule has 29 heavy (non-hydrogen) atoms. The maximum absolute atomic E-state index is 13.2. The van der Waals surface area contributed by atoms with E-state index in [4.69, 9.17) is 4.74 Å². The van der Waals surface area contributed by atoms with Crippen LogP contribution in [0.5, 0.6) is 11.6 Å². The fraction of sp³-hybridized carbons (Fsp3) is 0.333. The Morgan fingerprint density at radius 1 is 1.21 bits per heavy atom. The van der Waals surface area contributed by atoms with Crippen LogP contribution in [-0.2, 0) is 7.05 Å². The Morgan fingerprint density at radius 2 is 1.97 bits per heavy atom. The predicted octanol–water partition coefficient (Wildman–Crippen LogP) is 3.47. The molecule has 1 saturated heterocycles. The summed E-state index contributed by atoms with van der Waals surface area (Å²) >= 11 is 0. The minimum absolute atomic E-state index is 0.00817. The van der Waals surface area contributed by atoms with Crippen LogP contribution < -0.4 is 4.74 Å². The Bertz CT molecular complexity index is 1020. The van der Waals surface area contributed by atoms with Gasteiger partial charge in [0.2, 0.25) is 5.88 Å². The van der Waals surface area contributed by atoms with Crippen molar-refractivity contribution in [1.29, 1.82) is 0 Å². The number of benzene rings is 1. The quantitative estimate of drug-likeness (QED) is 0.676. The maximum atomic E-state index is 13.2. The van der Waals surface area contributed by atoms with E-state index in [1.54, 1.807) is 35.4 Å². The largest absolute Gasteiger partial charge is 0.437 e. The number of piperidine rings is 1. The van der Waals surface area contributed by atoms with Gasteiger partial charge in [0.25, 0.3) is 5.91 Å². The predicted molar refractivity (Wildman–Crippen MR) is 104 cm³/mol. The summed E-state index contributed by atoms with van der Waals surface area (Å²) in [5, 5.41) is 4.18. The number of carbonyl (C=O) groups excluding carboxylic acids is 1. The second kappa shape index (κ2) is 7.98. The fourth-order valence-electron chi connectivity index (χ4n) is 3.57. The molecule has 3 heterocycles. The Labute approximate surface area is 168 Å². The minimum atomic E-state index is -0.330. The number of aromatic nitrogens is 4. The van der Waals surface area contributed by atoms with Crippen molar-refractivity contribution in [3.63, 3.8) is 0 Å². The number of ether oxygens (including phenoxy) is 1. The normalized spacial score (nSPS) is 16.7. The first-order chi connectivity index (χ1) is 14.0. The van der Waals surface area contributed by atoms with Crippen molar-refractivity contribution < 1.29 is 13.9 Å². The highest BCUT2D eigenvalue weighted by atomic mass is 19.1. The van der Waals surface area contributed by atoms with Gasteiger partial charge in [-0.1, -0.05) is 0 Å². The van der Waals surface area contributed by atoms with Gasteiger partial charge in [0.05, 0.1) is 11.8 Å². The molecular formula is C21H22FN5O2. The molecule has 1 aromatic carbocycles. The first-order valence-corrected chi connectivity index (χ1v) is 9.55. The highest BCUT2D eigenvalue weighted by Gasteiger charge is 2.30. The number of aryl methyl sites for hydroxylation is 1. The first-order valence-electron chi connectivity index (χ1n) is 9.55. The van der Waals surface area contributed by atoms with Crippen LogP contribution in [0.15, 0.2) is 42.9 Å². The van der Waals surface area contributed by atoms with Gasteiger partial charge in [0.15, 0.2) is 0 Å². The van der Waals surface area contributed by atoms with E-state index in [1.807, 2.05) is 18.9 Å². The number of carbonyl (C=O) groups is 1. The molecule has 0 N–H and O–H groups in total. The molecule has 0 radical (unpaired) electrons. The van der Waals surface area contributed by atoms with Crippen molar-refractivity contribution in [2.24, 2.45) is 7.05 Å². The van der Waals surface area contributed by atoms with Gasteiger partial charge in [0.1, 0.15) is 17.3 Å². The molecule has 1 amide bonds. The van der Waals surface area contributed by atoms with Crippen molar-refractivity contribution >= 4 is 5.91 Å². The van der Waals surface area contributed by atoms with Gasteiger partial charge in [0, 0.05) is 44.1 Å². The Balaban J connectivity index is 1.55. The van der Waals surface area contributed by atoms with Gasteiger partial charge < -0.3 is 9.64 Å². The smallest absolute Gasteiger partial charge is 0.257 e. The van der Waals surface area contributed by atoms with Crippen LogP contribution >= 0.6 is 0 Å². The lowest BCUT2D eigenvalue weighted by Crippen LogP contribution is -2.39. The summed E-state index contributed by atoms with van der Waals surface area (Å²) < 4.78 is 20.7. The molecule has 1 unspecified atom stereocenters. The van der Waals surface area contributed by atoms with Gasteiger partial charge in [-0.15, -0.1) is 0 Å². The SMILES string of the molecule is Cc1c(C(=O)N2CCCC(c3nccnc3Oc3ccc(F)cc3)C2)cnn1C. The molecule has 0 spiro atoms. The van der Waals surface area contributed by atoms with E-state index in [2.05, 4.69) is 15.1 Å². The van der Waals surface area contributed by atoms with Crippen molar-refractivity contribution in [3.05, 3.63) is 65.6 Å². The Kier molecular flexibility index (Phi) is 5.24. The molecule has 1 atom stereocenters. The van der Waals surface area contributed by atoms with Gasteiger partial charge in [-0.05, 0) is 44.0 Å². The summed E-state index contributed by atoms with van der Waals surface area (Å²) in [6, 6.07) is 5.77. The van der Waals surface area contributed by atoms with E-state index in [0.29, 0.717) is 36.0 Å². The molecule has 1 fully saturated rings. The summed E-state index contributed by atoms with van der Waals surface area (Å²) in [5.74, 6) is 0.529. The monoisotopic (exact) mass is 395 g/mol. The zero-order valence-corrected chi connectivity index (χ0v) is 16.4. The number of amides is 1. The number of hydrogen-bond donors (Lipinski definition) is 0. The third-order valence-corrected chi connectivity index (χ3v) is 5.28. The summed E-state index contributed by atoms with van der Waals surface area (Å²) in [4.78, 5) is 23.6. The van der Waals surface area contributed by atoms with Gasteiger partial charge in [-0.25, -0.2) is 9.37 Å². The number of likely N-dealkylation sites (tertiary alicyclic amines) is 1. The number of halogens is 1. The van der Waals surface area contributed by atoms with Gasteiger partial charge in [-0.3, -0.25) is 14.5 Å². The minimum Gasteiger partial charge on any atom is -0.437 e. The van der Waals surface area contributed by atoms with Crippen molar-refractivity contribution in [2.75, 3.05) is 13.1 Å². The van der Waals surface area contributed by atoms with E-state index < -0.39 is 0 Å². The van der Waals surface area contributed by atoms with Gasteiger partial charge in [-0.2, -0.15) is 5.10 Å². The zero-order valence-electron chi connectivity index (χ0n) is 16.4. The van der Waals surface area contributed by atoms with E-state index in [-0.39, 0.29) is 17.6 Å². The van der Waals surface area contributed by atoms with Crippen LogP contribution in [0.4, 0.5) is 4.39 Å². The van der Waals surface area contributed by atoms with E-state index in [0.717, 1.165) is 18.5 Å². The molecule has 3 aromatic rings. The van der Waals surface area contributed by atoms with Crippen LogP contribution in [-0.4, -0.2) is 43.6 Å². The second-order valence-corrected chi connectivity index (χ2v) is 7.16. The fourth-order valence-corrected chi connectivity index (χ4v) is 3.57. The third-order valence-electron chi connectivity index (χ3n) is 5.28. The van der Waals surface area contributed by atoms with Crippen molar-refractivity contribution in [1.82, 2.24) is 24.6 Å². The van der Waals surface area contributed by atoms with Crippen LogP contribution in [0.25, 0.3) is 0 Å². The van der Waals surface area contributed by atoms with Crippen molar-refractivity contribution in [3.8, 4) is 11.6 Å². The molecule has 0 saturated carbocycles. The average Bonchev–Trinajstić information content (AvgIpc) is 3.08. The van der Waals surface area contributed by atoms with Crippen molar-refractivity contribution in [2.45, 2.75) is 25.7 Å². The summed E-state index contributed by atoms with van der Waals surface area (Å²) in [6.45, 7) is 3.11. The molecule has 150 valence electrons. The first kappa shape index (κ1) is 19.0. The second-order valence-electron chi connectivity index (χ2n) is 7.16. The van der Waals surface area contributed by atoms with Crippen LogP contribution in [0, 0.1) is 12.7 Å². The molecule has 4 rings (SSSR count). The average molecular weight is 395 g/mol. The van der Waals surface area contributed by atoms with Crippen LogP contribution in [0.2, 0.25) is 0 Å². The highest BCUT2D eigenvalue weighted by molar-refractivity contribution is 5.95. The van der Waals surface area contributed by atoms with Crippen LogP contribution in [0.1, 0.15) is 40.5 Å². The lowest BCUT2D eigenvalue weighted by Gasteiger charge is -2.32. The number of nitrogens with zero attached hydrogens (tertiary/aromatic N) is 5. The lowest BCUT2D eigenvalue weighted by molar-refractivity contribution is 0.0704. The highest BCUT2D eigenvalue weighted by Crippen LogP contribution is 2.33. The Hall–Kier alpha value is -3.29. The zero-order chi connectivity index (χ0) is 20.4. The molecule has 2 aromatic heterocycles. The van der Waals surface area contributed by atoms with E-state index in [1.165, 1.54) is 12.1 Å². The topological polar surface area (TPSA) is 73.1 Å². The standard InChI is InChI=1S/C21H22FN5O2/c1-14-18(12-25-26(14)2)21(28)27-11-3-4-15(13-27)19-20(24-10-9-23-19)29-17-7-5-16(22)6-8-17/h5-10,12,15H,3-4,11,13H2,1-2H3. The van der Waals surface area contributed by atoms with E-state index in [9.17, 15) is 9.18 Å². The lowest BCUT2D eigenvalue weighted by atomic mass is 9.94. The molecule has 1 aliphatic rings. The summed E-state index contributed by atoms with van der Waals surface area (Å²) in [7, 11) is 1.82. The summed E-state index contributed by atoms with van der Waals surface area (Å²) in [5.41, 5.74) is 2.17. The molecule has 8 heteroatoms. The maximum Gasteiger partial charge on any atom is 0.257 e. The number of rotatable bonds is 4. The molecule has 7 nitrogen and oxygen atoms in total. The summed E-state index contributed by atoms with van der Waals surface area (Å²) in [6.07, 6.45) is 6.55. The van der Waals surface area contributed by atoms with E-state index >= 15 is 0 Å². The molecule has 0 aliphatic carbocycles. The van der Waals surface area contributed by atoms with Crippen LogP contribution in [0.3, 0.4) is 0 Å². The molecular weight excluding hydrogens is 373 g/mol. The number of hydrogen-bond acceptors (Lipinski definition) is 5. The van der Waals surface area contributed by atoms with Gasteiger partial charge >= 0.3 is 0 Å². The molecule has 1 aliphatic heterocycles. The Morgan fingerprint density at radius 3 is 2.69 bits per heavy atom. The third kappa shape index (κ3) is 3.96.